The number of rotatable bonds is 4. The summed E-state index contributed by atoms with van der Waals surface area (Å²) in [5.41, 5.74) is 2.64. The van der Waals surface area contributed by atoms with E-state index in [-0.39, 0.29) is 10.8 Å². The first-order chi connectivity index (χ1) is 10.6. The lowest BCUT2D eigenvalue weighted by molar-refractivity contribution is 0.0698. The highest BCUT2D eigenvalue weighted by atomic mass is 35.5. The van der Waals surface area contributed by atoms with E-state index in [0.717, 1.165) is 6.42 Å². The highest BCUT2D eigenvalue weighted by Gasteiger charge is 2.20. The maximum Gasteiger partial charge on any atom is 0.338 e. The fourth-order valence-electron chi connectivity index (χ4n) is 2.65. The molecule has 2 aromatic heterocycles. The van der Waals surface area contributed by atoms with E-state index in [2.05, 4.69) is 9.97 Å². The minimum atomic E-state index is -0.980. The third kappa shape index (κ3) is 2.55. The van der Waals surface area contributed by atoms with Gasteiger partial charge in [0, 0.05) is 18.4 Å². The quantitative estimate of drug-likeness (QED) is 0.750. The number of aromatic carboxylic acids is 1. The maximum absolute atomic E-state index is 11.5. The van der Waals surface area contributed by atoms with Gasteiger partial charge in [0.25, 0.3) is 0 Å². The van der Waals surface area contributed by atoms with Crippen LogP contribution in [0.3, 0.4) is 0 Å². The van der Waals surface area contributed by atoms with Crippen molar-refractivity contribution in [3.63, 3.8) is 0 Å². The van der Waals surface area contributed by atoms with Crippen LogP contribution in [-0.4, -0.2) is 25.6 Å². The molecule has 0 spiro atoms. The van der Waals surface area contributed by atoms with Gasteiger partial charge in [-0.25, -0.2) is 9.78 Å². The Morgan fingerprint density at radius 1 is 1.32 bits per heavy atom. The molecule has 3 rings (SSSR count). The second-order valence-corrected chi connectivity index (χ2v) is 5.37. The summed E-state index contributed by atoms with van der Waals surface area (Å²) in [6.07, 6.45) is 2.26. The van der Waals surface area contributed by atoms with Crippen LogP contribution in [0.2, 0.25) is 5.28 Å². The van der Waals surface area contributed by atoms with Crippen molar-refractivity contribution in [1.82, 2.24) is 14.5 Å². The third-order valence-corrected chi connectivity index (χ3v) is 3.89. The molecule has 0 unspecified atom stereocenters. The third-order valence-electron chi connectivity index (χ3n) is 3.71. The molecular weight excluding hydrogens is 302 g/mol. The van der Waals surface area contributed by atoms with Crippen LogP contribution in [0.4, 0.5) is 0 Å². The number of fused-ring (bicyclic) bond motifs is 1. The molecule has 112 valence electrons. The number of benzene rings is 1. The topological polar surface area (TPSA) is 68.0 Å². The van der Waals surface area contributed by atoms with E-state index in [1.807, 2.05) is 34.9 Å². The molecule has 5 nitrogen and oxygen atoms in total. The van der Waals surface area contributed by atoms with E-state index in [1.54, 1.807) is 6.92 Å². The fraction of sp³-hybridized carbons (Fsp3) is 0.188. The monoisotopic (exact) mass is 315 g/mol. The first kappa shape index (κ1) is 14.5. The van der Waals surface area contributed by atoms with Crippen molar-refractivity contribution in [2.75, 3.05) is 0 Å². The molecule has 0 bridgehead atoms. The van der Waals surface area contributed by atoms with Gasteiger partial charge in [0.1, 0.15) is 5.65 Å². The average molecular weight is 316 g/mol. The van der Waals surface area contributed by atoms with Gasteiger partial charge in [-0.3, -0.25) is 0 Å². The average Bonchev–Trinajstić information content (AvgIpc) is 2.77. The molecule has 22 heavy (non-hydrogen) atoms. The number of aryl methyl sites for hydroxylation is 2. The van der Waals surface area contributed by atoms with Crippen molar-refractivity contribution < 1.29 is 9.90 Å². The number of aromatic nitrogens is 3. The highest BCUT2D eigenvalue weighted by Crippen LogP contribution is 2.25. The van der Waals surface area contributed by atoms with Crippen LogP contribution in [0.15, 0.2) is 36.5 Å². The fourth-order valence-corrected chi connectivity index (χ4v) is 2.78. The molecule has 0 aliphatic carbocycles. The van der Waals surface area contributed by atoms with Gasteiger partial charge in [-0.1, -0.05) is 30.3 Å². The molecular formula is C16H14ClN3O2. The molecule has 0 aliphatic heterocycles. The molecule has 1 N–H and O–H groups in total. The zero-order chi connectivity index (χ0) is 15.7. The van der Waals surface area contributed by atoms with Gasteiger partial charge in [-0.15, -0.1) is 0 Å². The van der Waals surface area contributed by atoms with Crippen molar-refractivity contribution in [3.05, 3.63) is 58.6 Å². The molecule has 6 heteroatoms. The number of hydrogen-bond donors (Lipinski definition) is 1. The lowest BCUT2D eigenvalue weighted by Gasteiger charge is -2.08. The van der Waals surface area contributed by atoms with E-state index in [0.29, 0.717) is 23.3 Å². The Labute approximate surface area is 132 Å². The van der Waals surface area contributed by atoms with Crippen molar-refractivity contribution >= 4 is 28.6 Å². The molecule has 1 aromatic carbocycles. The Balaban J connectivity index is 2.06. The van der Waals surface area contributed by atoms with Crippen LogP contribution < -0.4 is 0 Å². The van der Waals surface area contributed by atoms with Gasteiger partial charge < -0.3 is 9.67 Å². The smallest absolute Gasteiger partial charge is 0.338 e. The van der Waals surface area contributed by atoms with Crippen LogP contribution in [0.1, 0.15) is 21.6 Å². The Bertz CT molecular complexity index is 843. The predicted octanol–water partition coefficient (Wildman–Crippen LogP) is 3.33. The largest absolute Gasteiger partial charge is 0.478 e. The van der Waals surface area contributed by atoms with Gasteiger partial charge in [-0.2, -0.15) is 4.98 Å². The molecule has 2 heterocycles. The predicted molar refractivity (Wildman–Crippen MR) is 84.4 cm³/mol. The molecule has 0 fully saturated rings. The van der Waals surface area contributed by atoms with Crippen molar-refractivity contribution in [2.24, 2.45) is 0 Å². The Morgan fingerprint density at radius 2 is 2.05 bits per heavy atom. The van der Waals surface area contributed by atoms with Crippen LogP contribution in [-0.2, 0) is 13.0 Å². The van der Waals surface area contributed by atoms with Crippen LogP contribution >= 0.6 is 11.6 Å². The molecule has 0 atom stereocenters. The molecule has 3 aromatic rings. The van der Waals surface area contributed by atoms with Crippen LogP contribution in [0.5, 0.6) is 0 Å². The van der Waals surface area contributed by atoms with Gasteiger partial charge >= 0.3 is 5.97 Å². The van der Waals surface area contributed by atoms with E-state index in [9.17, 15) is 9.90 Å². The van der Waals surface area contributed by atoms with Gasteiger partial charge in [0.05, 0.1) is 10.9 Å². The number of carboxylic acids is 1. The van der Waals surface area contributed by atoms with Crippen LogP contribution in [0.25, 0.3) is 11.0 Å². The maximum atomic E-state index is 11.5. The summed E-state index contributed by atoms with van der Waals surface area (Å²) in [5.74, 6) is -0.980. The normalized spacial score (nSPS) is 11.0. The van der Waals surface area contributed by atoms with E-state index < -0.39 is 5.97 Å². The lowest BCUT2D eigenvalue weighted by atomic mass is 10.1. The summed E-state index contributed by atoms with van der Waals surface area (Å²) < 4.78 is 1.89. The first-order valence-corrected chi connectivity index (χ1v) is 7.24. The zero-order valence-electron chi connectivity index (χ0n) is 12.0. The van der Waals surface area contributed by atoms with Crippen molar-refractivity contribution in [3.8, 4) is 0 Å². The number of hydrogen-bond acceptors (Lipinski definition) is 3. The molecule has 0 saturated heterocycles. The standard InChI is InChI=1S/C16H14ClN3O2/c1-10-13(15(21)22)12-9-18-16(17)19-14(12)20(10)8-7-11-5-3-2-4-6-11/h2-6,9H,7-8H2,1H3,(H,21,22). The zero-order valence-corrected chi connectivity index (χ0v) is 12.7. The summed E-state index contributed by atoms with van der Waals surface area (Å²) in [5, 5.41) is 10.1. The molecule has 0 saturated carbocycles. The van der Waals surface area contributed by atoms with E-state index in [4.69, 9.17) is 11.6 Å². The van der Waals surface area contributed by atoms with Gasteiger partial charge in [-0.05, 0) is 30.5 Å². The number of carboxylic acid groups (broad SMARTS) is 1. The Hall–Kier alpha value is -2.40. The van der Waals surface area contributed by atoms with E-state index in [1.165, 1.54) is 11.8 Å². The summed E-state index contributed by atoms with van der Waals surface area (Å²) in [7, 11) is 0. The summed E-state index contributed by atoms with van der Waals surface area (Å²) >= 11 is 5.87. The Kier molecular flexibility index (Phi) is 3.81. The van der Waals surface area contributed by atoms with Gasteiger partial charge in [0.15, 0.2) is 0 Å². The number of carbonyl (C=O) groups is 1. The molecule has 0 aliphatic rings. The second-order valence-electron chi connectivity index (χ2n) is 5.03. The summed E-state index contributed by atoms with van der Waals surface area (Å²) in [6, 6.07) is 10.0. The number of nitrogens with zero attached hydrogens (tertiary/aromatic N) is 3. The number of halogens is 1. The molecule has 0 radical (unpaired) electrons. The first-order valence-electron chi connectivity index (χ1n) is 6.86. The summed E-state index contributed by atoms with van der Waals surface area (Å²) in [6.45, 7) is 2.41. The minimum absolute atomic E-state index is 0.114. The van der Waals surface area contributed by atoms with E-state index >= 15 is 0 Å². The second kappa shape index (κ2) is 5.77. The summed E-state index contributed by atoms with van der Waals surface area (Å²) in [4.78, 5) is 19.6. The highest BCUT2D eigenvalue weighted by molar-refractivity contribution is 6.28. The van der Waals surface area contributed by atoms with Crippen molar-refractivity contribution in [2.45, 2.75) is 19.9 Å². The lowest BCUT2D eigenvalue weighted by Crippen LogP contribution is -2.06. The van der Waals surface area contributed by atoms with Crippen LogP contribution in [0, 0.1) is 6.92 Å². The SMILES string of the molecule is Cc1c(C(=O)O)c2cnc(Cl)nc2n1CCc1ccccc1. The van der Waals surface area contributed by atoms with Crippen molar-refractivity contribution in [1.29, 1.82) is 0 Å². The van der Waals surface area contributed by atoms with Gasteiger partial charge in [0.2, 0.25) is 5.28 Å². The minimum Gasteiger partial charge on any atom is -0.478 e. The molecule has 0 amide bonds. The Morgan fingerprint density at radius 3 is 2.73 bits per heavy atom.